The summed E-state index contributed by atoms with van der Waals surface area (Å²) in [4.78, 5) is 25.5. The molecule has 0 saturated heterocycles. The van der Waals surface area contributed by atoms with Crippen molar-refractivity contribution in [2.24, 2.45) is 0 Å². The van der Waals surface area contributed by atoms with Gasteiger partial charge in [0.05, 0.1) is 0 Å². The van der Waals surface area contributed by atoms with Crippen molar-refractivity contribution in [2.75, 3.05) is 0 Å². The fourth-order valence-corrected chi connectivity index (χ4v) is 6.51. The van der Waals surface area contributed by atoms with E-state index in [-0.39, 0.29) is 33.4 Å². The number of carbonyl (C=O) groups excluding carboxylic acids is 3. The molecule has 0 saturated carbocycles. The Hall–Kier alpha value is -3.79. The van der Waals surface area contributed by atoms with E-state index in [1.54, 1.807) is 101 Å². The molecule has 0 aliphatic rings. The van der Waals surface area contributed by atoms with Crippen molar-refractivity contribution in [3.63, 3.8) is 0 Å². The Kier molecular flexibility index (Phi) is 23.5. The molecule has 18 heteroatoms. The van der Waals surface area contributed by atoms with Gasteiger partial charge in [-0.15, -0.1) is 0 Å². The van der Waals surface area contributed by atoms with Crippen LogP contribution in [-0.4, -0.2) is 46.6 Å². The second-order valence-electron chi connectivity index (χ2n) is 12.9. The summed E-state index contributed by atoms with van der Waals surface area (Å²) in [5.41, 5.74) is 7.65. The van der Waals surface area contributed by atoms with Gasteiger partial charge in [-0.3, -0.25) is 14.4 Å². The average Bonchev–Trinajstić information content (AvgIpc) is 3.77. The normalized spacial score (nSPS) is 10.7. The number of nitrogens with zero attached hydrogens (tertiary/aromatic N) is 3. The van der Waals surface area contributed by atoms with Crippen molar-refractivity contribution >= 4 is 95.1 Å². The maximum Gasteiger partial charge on any atom is 0.373 e. The summed E-state index contributed by atoms with van der Waals surface area (Å²) < 4.78 is 79.5. The smallest absolute Gasteiger partial charge is 0.319 e. The minimum Gasteiger partial charge on any atom is -0.319 e. The molecule has 0 aliphatic carbocycles. The third kappa shape index (κ3) is 16.0. The number of halogens is 12. The summed E-state index contributed by atoms with van der Waals surface area (Å²) in [6.45, 7) is 11.0. The second kappa shape index (κ2) is 25.1. The molecule has 0 atom stereocenters. The van der Waals surface area contributed by atoms with Crippen molar-refractivity contribution in [3.8, 4) is 17.1 Å². The highest BCUT2D eigenvalue weighted by Crippen LogP contribution is 2.31. The number of aryl methyl sites for hydroxylation is 4. The zero-order chi connectivity index (χ0) is 45.4. The van der Waals surface area contributed by atoms with Crippen LogP contribution in [0.1, 0.15) is 77.2 Å². The third-order valence-corrected chi connectivity index (χ3v) is 10.5. The minimum atomic E-state index is -3.56. The van der Waals surface area contributed by atoms with Gasteiger partial charge in [-0.25, -0.2) is 8.78 Å². The Morgan fingerprint density at radius 2 is 0.794 bits per heavy atom. The fourth-order valence-electron chi connectivity index (χ4n) is 5.92. The first-order valence-corrected chi connectivity index (χ1v) is 20.4. The van der Waals surface area contributed by atoms with Crippen molar-refractivity contribution < 1.29 is 40.7 Å². The summed E-state index contributed by atoms with van der Waals surface area (Å²) in [6.07, 6.45) is -2.99. The van der Waals surface area contributed by atoms with Crippen molar-refractivity contribution in [1.82, 2.24) is 13.7 Å². The number of benzene rings is 3. The highest BCUT2D eigenvalue weighted by molar-refractivity contribution is 9.10. The molecule has 0 unspecified atom stereocenters. The van der Waals surface area contributed by atoms with Gasteiger partial charge in [-0.1, -0.05) is 57.1 Å². The molecular weight excluding hydrogens is 1050 g/mol. The average molecular weight is 1090 g/mol. The lowest BCUT2D eigenvalue weighted by Gasteiger charge is -2.11. The summed E-state index contributed by atoms with van der Waals surface area (Å²) in [5.74, 6) is -2.39. The summed E-state index contributed by atoms with van der Waals surface area (Å²) in [7, 11) is 0. The maximum absolute atomic E-state index is 13.1. The van der Waals surface area contributed by atoms with E-state index in [2.05, 4.69) is 58.1 Å². The predicted octanol–water partition coefficient (Wildman–Crippen LogP) is 16.5. The first kappa shape index (κ1) is 59.2. The van der Waals surface area contributed by atoms with Crippen LogP contribution < -0.4 is 0 Å². The van der Waals surface area contributed by atoms with Crippen LogP contribution in [0.15, 0.2) is 97.1 Å². The molecule has 6 rings (SSSR count). The van der Waals surface area contributed by atoms with Crippen LogP contribution in [0.2, 0.25) is 15.1 Å². The van der Waals surface area contributed by atoms with Gasteiger partial charge in [0.1, 0.15) is 0 Å². The monoisotopic (exact) mass is 1090 g/mol. The van der Waals surface area contributed by atoms with E-state index in [9.17, 15) is 40.7 Å². The van der Waals surface area contributed by atoms with E-state index in [0.717, 1.165) is 27.8 Å². The van der Waals surface area contributed by atoms with Gasteiger partial charge in [-0.2, -0.15) is 17.6 Å². The summed E-state index contributed by atoms with van der Waals surface area (Å²) in [6, 6.07) is 29.0. The lowest BCUT2D eigenvalue weighted by atomic mass is 10.1. The number of ketones is 2. The minimum absolute atomic E-state index is 0. The summed E-state index contributed by atoms with van der Waals surface area (Å²) in [5, 5.41) is 0.248. The Balaban J connectivity index is 0.000000841. The molecule has 3 aromatic carbocycles. The van der Waals surface area contributed by atoms with E-state index in [0.29, 0.717) is 27.1 Å². The van der Waals surface area contributed by atoms with Gasteiger partial charge in [0.25, 0.3) is 0 Å². The molecule has 344 valence electrons. The zero-order valence-electron chi connectivity index (χ0n) is 32.4. The topological polar surface area (TPSA) is 66.0 Å². The first-order chi connectivity index (χ1) is 27.8. The molecule has 6 nitrogen and oxygen atoms in total. The van der Waals surface area contributed by atoms with Crippen LogP contribution in [-0.2, 0) is 4.79 Å². The molecule has 0 bridgehead atoms. The first-order valence-electron chi connectivity index (χ1n) is 17.3. The Morgan fingerprint density at radius 3 is 1.08 bits per heavy atom. The number of aromatic nitrogens is 3. The molecule has 3 aromatic heterocycles. The zero-order valence-corrected chi connectivity index (χ0v) is 38.6. The molecule has 0 N–H and O–H groups in total. The molecule has 3 heterocycles. The van der Waals surface area contributed by atoms with E-state index in [1.807, 2.05) is 24.3 Å². The van der Waals surface area contributed by atoms with Crippen LogP contribution in [0.25, 0.3) is 17.1 Å². The van der Waals surface area contributed by atoms with Gasteiger partial charge in [0.15, 0.2) is 0 Å². The van der Waals surface area contributed by atoms with Gasteiger partial charge in [0.2, 0.25) is 11.6 Å². The molecule has 0 amide bonds. The Labute approximate surface area is 401 Å². The number of hydrogen-bond donors (Lipinski definition) is 0. The van der Waals surface area contributed by atoms with Crippen LogP contribution >= 0.6 is 78.3 Å². The SMILES string of the molecule is C.C.C.Cc1cc(C(=O)C(F)(F)Br)c(C)n1-c1ccc(Cl)cc1.Cc1cc(C(=O)C(F)F)c(C)n1-c1ccc(Cl)cc1.Cc1ccc(C)n1-c1ccc(Cl)cc1.O=C(Cl)C(F)(F)Br. The predicted molar refractivity (Wildman–Crippen MR) is 254 cm³/mol. The molecular formula is C45H47Br2Cl4F6N3O3. The highest BCUT2D eigenvalue weighted by atomic mass is 79.9. The number of alkyl halides is 8. The lowest BCUT2D eigenvalue weighted by Crippen LogP contribution is -2.21. The molecule has 6 aromatic rings. The second-order valence-corrected chi connectivity index (χ2v) is 16.5. The number of carbonyl (C=O) groups is 3. The van der Waals surface area contributed by atoms with E-state index >= 15 is 0 Å². The number of rotatable bonds is 8. The molecule has 0 fully saturated rings. The maximum atomic E-state index is 13.1. The van der Waals surface area contributed by atoms with E-state index in [1.165, 1.54) is 23.5 Å². The largest absolute Gasteiger partial charge is 0.373 e. The molecule has 0 radical (unpaired) electrons. The van der Waals surface area contributed by atoms with Crippen LogP contribution in [0.4, 0.5) is 26.3 Å². The van der Waals surface area contributed by atoms with E-state index < -0.39 is 32.9 Å². The third-order valence-electron chi connectivity index (χ3n) is 8.58. The van der Waals surface area contributed by atoms with Gasteiger partial charge < -0.3 is 13.7 Å². The standard InChI is InChI=1S/C14H11BrClF2NO.C14H12ClF2NO.C12H12ClN.C2BrClF2O.3CH4/c1-8-7-12(13(20)14(15,17)18)9(2)19(8)11-5-3-10(16)4-6-11;1-8-7-12(13(19)14(16)17)9(2)18(8)11-5-3-10(15)4-6-11;1-9-3-4-10(2)14(9)12-7-5-11(13)6-8-12;3-2(5,6)1(4)7;;;/h3-7H,1-2H3;3-7,14H,1-2H3;3-8H,1-2H3;;3*1H4. The lowest BCUT2D eigenvalue weighted by molar-refractivity contribution is -0.123. The van der Waals surface area contributed by atoms with Crippen LogP contribution in [0, 0.1) is 41.5 Å². The van der Waals surface area contributed by atoms with Crippen LogP contribution in [0.3, 0.4) is 0 Å². The van der Waals surface area contributed by atoms with Crippen molar-refractivity contribution in [2.45, 2.75) is 79.9 Å². The van der Waals surface area contributed by atoms with E-state index in [4.69, 9.17) is 34.8 Å². The van der Waals surface area contributed by atoms with Gasteiger partial charge in [0, 0.05) is 93.4 Å². The summed E-state index contributed by atoms with van der Waals surface area (Å²) >= 11 is 25.6. The van der Waals surface area contributed by atoms with Crippen LogP contribution in [0.5, 0.6) is 0 Å². The fraction of sp³-hybridized carbons (Fsp3) is 0.267. The number of Topliss-reactive ketones (excluding diaryl/α,β-unsaturated/α-hetero) is 2. The van der Waals surface area contributed by atoms with Crippen molar-refractivity contribution in [1.29, 1.82) is 0 Å². The Bertz CT molecular complexity index is 2420. The van der Waals surface area contributed by atoms with Crippen molar-refractivity contribution in [3.05, 3.63) is 157 Å². The van der Waals surface area contributed by atoms with Gasteiger partial charge in [-0.05, 0) is 166 Å². The molecule has 0 aliphatic heterocycles. The highest BCUT2D eigenvalue weighted by Gasteiger charge is 2.38. The molecule has 0 spiro atoms. The quantitative estimate of drug-likeness (QED) is 0.0660. The number of hydrogen-bond acceptors (Lipinski definition) is 3. The Morgan fingerprint density at radius 1 is 0.508 bits per heavy atom. The molecule has 63 heavy (non-hydrogen) atoms. The van der Waals surface area contributed by atoms with Gasteiger partial charge >= 0.3 is 21.3 Å².